The summed E-state index contributed by atoms with van der Waals surface area (Å²) in [6.07, 6.45) is 2.45. The second kappa shape index (κ2) is 6.43. The molecule has 1 N–H and O–H groups in total. The Bertz CT molecular complexity index is 441. The molecule has 1 atom stereocenters. The second-order valence-electron chi connectivity index (χ2n) is 4.46. The molecule has 1 unspecified atom stereocenters. The molecule has 0 bridgehead atoms. The first-order valence-corrected chi connectivity index (χ1v) is 6.36. The van der Waals surface area contributed by atoms with E-state index < -0.39 is 0 Å². The summed E-state index contributed by atoms with van der Waals surface area (Å²) in [6.45, 7) is 0.758. The van der Waals surface area contributed by atoms with Crippen LogP contribution in [-0.2, 0) is 9.53 Å². The van der Waals surface area contributed by atoms with Crippen molar-refractivity contribution in [2.75, 3.05) is 26.1 Å². The van der Waals surface area contributed by atoms with E-state index in [1.165, 1.54) is 0 Å². The fourth-order valence-corrected chi connectivity index (χ4v) is 2.14. The van der Waals surface area contributed by atoms with E-state index in [0.29, 0.717) is 23.6 Å². The van der Waals surface area contributed by atoms with Gasteiger partial charge >= 0.3 is 0 Å². The first-order chi connectivity index (χ1) is 9.22. The predicted octanol–water partition coefficient (Wildman–Crippen LogP) is 2.21. The molecule has 0 aromatic heterocycles. The number of carbonyl (C=O) groups excluding carboxylic acids is 1. The Morgan fingerprint density at radius 3 is 2.79 bits per heavy atom. The highest BCUT2D eigenvalue weighted by Crippen LogP contribution is 2.29. The first-order valence-electron chi connectivity index (χ1n) is 6.36. The zero-order valence-corrected chi connectivity index (χ0v) is 11.3. The number of nitrogens with one attached hydrogen (secondary N) is 1. The van der Waals surface area contributed by atoms with E-state index in [2.05, 4.69) is 5.32 Å². The van der Waals surface area contributed by atoms with Gasteiger partial charge in [0, 0.05) is 18.4 Å². The van der Waals surface area contributed by atoms with Gasteiger partial charge in [0.15, 0.2) is 11.5 Å². The molecule has 2 rings (SSSR count). The maximum absolute atomic E-state index is 11.9. The lowest BCUT2D eigenvalue weighted by molar-refractivity contribution is -0.118. The van der Waals surface area contributed by atoms with Crippen LogP contribution in [0.3, 0.4) is 0 Å². The van der Waals surface area contributed by atoms with Crippen LogP contribution >= 0.6 is 0 Å². The summed E-state index contributed by atoms with van der Waals surface area (Å²) in [4.78, 5) is 11.9. The van der Waals surface area contributed by atoms with Crippen LogP contribution < -0.4 is 14.8 Å². The maximum atomic E-state index is 11.9. The Labute approximate surface area is 112 Å². The van der Waals surface area contributed by atoms with Crippen molar-refractivity contribution < 1.29 is 19.0 Å². The van der Waals surface area contributed by atoms with Crippen LogP contribution in [0.2, 0.25) is 0 Å². The molecule has 1 aromatic rings. The summed E-state index contributed by atoms with van der Waals surface area (Å²) in [5.74, 6) is 1.19. The number of hydrogen-bond donors (Lipinski definition) is 1. The van der Waals surface area contributed by atoms with E-state index in [9.17, 15) is 4.79 Å². The third-order valence-corrected chi connectivity index (χ3v) is 3.10. The third-order valence-electron chi connectivity index (χ3n) is 3.10. The molecule has 19 heavy (non-hydrogen) atoms. The van der Waals surface area contributed by atoms with Crippen molar-refractivity contribution in [1.82, 2.24) is 0 Å². The zero-order chi connectivity index (χ0) is 13.7. The van der Waals surface area contributed by atoms with Gasteiger partial charge in [-0.3, -0.25) is 4.79 Å². The highest BCUT2D eigenvalue weighted by atomic mass is 16.5. The van der Waals surface area contributed by atoms with Gasteiger partial charge < -0.3 is 19.5 Å². The van der Waals surface area contributed by atoms with Crippen molar-refractivity contribution in [1.29, 1.82) is 0 Å². The number of carbonyl (C=O) groups is 1. The molecular weight excluding hydrogens is 246 g/mol. The summed E-state index contributed by atoms with van der Waals surface area (Å²) >= 11 is 0. The second-order valence-corrected chi connectivity index (χ2v) is 4.46. The average molecular weight is 265 g/mol. The lowest BCUT2D eigenvalue weighted by Crippen LogP contribution is -2.19. The van der Waals surface area contributed by atoms with Crippen molar-refractivity contribution in [3.63, 3.8) is 0 Å². The van der Waals surface area contributed by atoms with E-state index >= 15 is 0 Å². The molecule has 1 amide bonds. The molecule has 5 heteroatoms. The van der Waals surface area contributed by atoms with Crippen LogP contribution in [-0.4, -0.2) is 32.8 Å². The van der Waals surface area contributed by atoms with Crippen molar-refractivity contribution in [3.05, 3.63) is 18.2 Å². The largest absolute Gasteiger partial charge is 0.493 e. The number of methoxy groups -OCH3 is 2. The molecule has 0 spiro atoms. The van der Waals surface area contributed by atoms with Crippen LogP contribution in [0, 0.1) is 0 Å². The fourth-order valence-electron chi connectivity index (χ4n) is 2.14. The molecule has 1 aliphatic rings. The molecule has 1 aliphatic heterocycles. The summed E-state index contributed by atoms with van der Waals surface area (Å²) < 4.78 is 15.8. The monoisotopic (exact) mass is 265 g/mol. The quantitative estimate of drug-likeness (QED) is 0.886. The van der Waals surface area contributed by atoms with Crippen molar-refractivity contribution in [2.24, 2.45) is 0 Å². The summed E-state index contributed by atoms with van der Waals surface area (Å²) in [5.41, 5.74) is 0.695. The van der Waals surface area contributed by atoms with E-state index in [-0.39, 0.29) is 12.0 Å². The molecule has 1 aromatic carbocycles. The average Bonchev–Trinajstić information content (AvgIpc) is 2.91. The molecule has 0 radical (unpaired) electrons. The Hall–Kier alpha value is -1.75. The van der Waals surface area contributed by atoms with Crippen molar-refractivity contribution in [2.45, 2.75) is 25.4 Å². The van der Waals surface area contributed by atoms with Crippen LogP contribution in [0.15, 0.2) is 18.2 Å². The molecule has 0 saturated carbocycles. The van der Waals surface area contributed by atoms with Crippen LogP contribution in [0.5, 0.6) is 11.5 Å². The van der Waals surface area contributed by atoms with E-state index in [0.717, 1.165) is 19.4 Å². The number of benzene rings is 1. The molecule has 1 heterocycles. The first kappa shape index (κ1) is 13.7. The van der Waals surface area contributed by atoms with E-state index in [4.69, 9.17) is 14.2 Å². The van der Waals surface area contributed by atoms with Crippen LogP contribution in [0.4, 0.5) is 5.69 Å². The van der Waals surface area contributed by atoms with Gasteiger partial charge in [-0.15, -0.1) is 0 Å². The Kier molecular flexibility index (Phi) is 4.63. The smallest absolute Gasteiger partial charge is 0.226 e. The lowest BCUT2D eigenvalue weighted by Gasteiger charge is -2.12. The molecule has 104 valence electrons. The van der Waals surface area contributed by atoms with Gasteiger partial charge in [0.05, 0.1) is 26.7 Å². The maximum Gasteiger partial charge on any atom is 0.226 e. The minimum atomic E-state index is -0.0425. The number of amides is 1. The van der Waals surface area contributed by atoms with E-state index in [1.807, 2.05) is 0 Å². The fraction of sp³-hybridized carbons (Fsp3) is 0.500. The van der Waals surface area contributed by atoms with Gasteiger partial charge in [0.1, 0.15) is 0 Å². The summed E-state index contributed by atoms with van der Waals surface area (Å²) in [5, 5.41) is 2.84. The minimum Gasteiger partial charge on any atom is -0.493 e. The molecule has 0 aliphatic carbocycles. The van der Waals surface area contributed by atoms with Gasteiger partial charge in [-0.25, -0.2) is 0 Å². The van der Waals surface area contributed by atoms with Crippen LogP contribution in [0.25, 0.3) is 0 Å². The van der Waals surface area contributed by atoms with Crippen molar-refractivity contribution >= 4 is 11.6 Å². The lowest BCUT2D eigenvalue weighted by atomic mass is 10.1. The summed E-state index contributed by atoms with van der Waals surface area (Å²) in [7, 11) is 3.14. The molecular formula is C14H19NO4. The molecule has 1 fully saturated rings. The number of ether oxygens (including phenoxy) is 3. The minimum absolute atomic E-state index is 0.0425. The zero-order valence-electron chi connectivity index (χ0n) is 11.3. The number of anilines is 1. The Morgan fingerprint density at radius 2 is 2.16 bits per heavy atom. The van der Waals surface area contributed by atoms with Crippen molar-refractivity contribution in [3.8, 4) is 11.5 Å². The van der Waals surface area contributed by atoms with Gasteiger partial charge in [-0.1, -0.05) is 0 Å². The van der Waals surface area contributed by atoms with Gasteiger partial charge in [0.25, 0.3) is 0 Å². The Morgan fingerprint density at radius 1 is 1.37 bits per heavy atom. The SMILES string of the molecule is COc1ccc(NC(=O)CC2CCCO2)cc1OC. The summed E-state index contributed by atoms with van der Waals surface area (Å²) in [6, 6.07) is 5.29. The Balaban J connectivity index is 1.96. The van der Waals surface area contributed by atoms with Gasteiger partial charge in [-0.05, 0) is 25.0 Å². The number of rotatable bonds is 5. The highest BCUT2D eigenvalue weighted by molar-refractivity contribution is 5.91. The third kappa shape index (κ3) is 3.61. The predicted molar refractivity (Wildman–Crippen MR) is 71.8 cm³/mol. The van der Waals surface area contributed by atoms with Gasteiger partial charge in [-0.2, -0.15) is 0 Å². The normalized spacial score (nSPS) is 18.1. The van der Waals surface area contributed by atoms with Crippen LogP contribution in [0.1, 0.15) is 19.3 Å². The topological polar surface area (TPSA) is 56.8 Å². The molecule has 5 nitrogen and oxygen atoms in total. The standard InChI is InChI=1S/C14H19NO4/c1-17-12-6-5-10(8-13(12)18-2)15-14(16)9-11-4-3-7-19-11/h5-6,8,11H,3-4,7,9H2,1-2H3,(H,15,16). The molecule has 1 saturated heterocycles. The van der Waals surface area contributed by atoms with E-state index in [1.54, 1.807) is 32.4 Å². The van der Waals surface area contributed by atoms with Gasteiger partial charge in [0.2, 0.25) is 5.91 Å². The number of hydrogen-bond acceptors (Lipinski definition) is 4. The highest BCUT2D eigenvalue weighted by Gasteiger charge is 2.19.